The second-order valence-electron chi connectivity index (χ2n) is 9.19. The zero-order valence-electron chi connectivity index (χ0n) is 17.6. The Kier molecular flexibility index (Phi) is 7.73. The Labute approximate surface area is 165 Å². The van der Waals surface area contributed by atoms with Crippen LogP contribution in [0.1, 0.15) is 58.9 Å². The minimum absolute atomic E-state index is 0.208. The van der Waals surface area contributed by atoms with Gasteiger partial charge in [0.25, 0.3) is 0 Å². The van der Waals surface area contributed by atoms with Crippen molar-refractivity contribution in [1.29, 1.82) is 0 Å². The van der Waals surface area contributed by atoms with Gasteiger partial charge < -0.3 is 20.7 Å². The standard InChI is InChI=1S/C23H39NO3/c1-5-19(21-14-17(2)22(21,3)4)11-13-27-20-8-6-18(7-9-20)10-12-23(24,15-25)16-26/h6-9,17,19,21,25-26H,5,10-16,24H2,1-4H3. The second kappa shape index (κ2) is 9.40. The highest BCUT2D eigenvalue weighted by Crippen LogP contribution is 2.55. The van der Waals surface area contributed by atoms with Gasteiger partial charge in [0, 0.05) is 0 Å². The van der Waals surface area contributed by atoms with Gasteiger partial charge in [0.1, 0.15) is 5.75 Å². The van der Waals surface area contributed by atoms with Crippen molar-refractivity contribution in [1.82, 2.24) is 0 Å². The van der Waals surface area contributed by atoms with Crippen LogP contribution in [0.25, 0.3) is 0 Å². The monoisotopic (exact) mass is 377 g/mol. The largest absolute Gasteiger partial charge is 0.494 e. The van der Waals surface area contributed by atoms with Gasteiger partial charge in [-0.2, -0.15) is 0 Å². The normalized spacial score (nSPS) is 22.9. The lowest BCUT2D eigenvalue weighted by atomic mass is 9.51. The molecule has 3 unspecified atom stereocenters. The van der Waals surface area contributed by atoms with E-state index in [0.29, 0.717) is 11.8 Å². The van der Waals surface area contributed by atoms with Crippen molar-refractivity contribution in [2.75, 3.05) is 19.8 Å². The molecule has 0 aliphatic heterocycles. The molecule has 1 fully saturated rings. The first kappa shape index (κ1) is 22.2. The van der Waals surface area contributed by atoms with Crippen LogP contribution in [0.2, 0.25) is 0 Å². The number of aliphatic hydroxyl groups is 2. The molecule has 1 aliphatic carbocycles. The number of ether oxygens (including phenoxy) is 1. The second-order valence-corrected chi connectivity index (χ2v) is 9.19. The van der Waals surface area contributed by atoms with Gasteiger partial charge in [0.15, 0.2) is 0 Å². The molecule has 2 rings (SSSR count). The third-order valence-electron chi connectivity index (χ3n) is 7.15. The molecule has 0 amide bonds. The summed E-state index contributed by atoms with van der Waals surface area (Å²) in [4.78, 5) is 0. The molecule has 4 nitrogen and oxygen atoms in total. The topological polar surface area (TPSA) is 75.7 Å². The van der Waals surface area contributed by atoms with Crippen LogP contribution in [-0.2, 0) is 6.42 Å². The predicted octanol–water partition coefficient (Wildman–Crippen LogP) is 3.78. The number of aryl methyl sites for hydroxylation is 1. The van der Waals surface area contributed by atoms with Gasteiger partial charge in [-0.15, -0.1) is 0 Å². The van der Waals surface area contributed by atoms with Crippen molar-refractivity contribution < 1.29 is 14.9 Å². The molecule has 0 saturated heterocycles. The van der Waals surface area contributed by atoms with Crippen molar-refractivity contribution in [3.05, 3.63) is 29.8 Å². The maximum atomic E-state index is 9.27. The van der Waals surface area contributed by atoms with E-state index in [1.807, 2.05) is 24.3 Å². The molecule has 0 heterocycles. The van der Waals surface area contributed by atoms with Crippen LogP contribution in [0.5, 0.6) is 5.75 Å². The maximum Gasteiger partial charge on any atom is 0.119 e. The van der Waals surface area contributed by atoms with Gasteiger partial charge in [0.2, 0.25) is 0 Å². The molecule has 0 spiro atoms. The van der Waals surface area contributed by atoms with E-state index < -0.39 is 5.54 Å². The van der Waals surface area contributed by atoms with Crippen LogP contribution in [0, 0.1) is 23.2 Å². The van der Waals surface area contributed by atoms with E-state index in [1.165, 1.54) is 12.8 Å². The van der Waals surface area contributed by atoms with Gasteiger partial charge in [0.05, 0.1) is 25.4 Å². The van der Waals surface area contributed by atoms with E-state index in [-0.39, 0.29) is 13.2 Å². The van der Waals surface area contributed by atoms with Crippen LogP contribution in [0.15, 0.2) is 24.3 Å². The van der Waals surface area contributed by atoms with Crippen LogP contribution >= 0.6 is 0 Å². The number of nitrogens with two attached hydrogens (primary N) is 1. The van der Waals surface area contributed by atoms with Gasteiger partial charge in [-0.25, -0.2) is 0 Å². The third-order valence-corrected chi connectivity index (χ3v) is 7.15. The molecule has 4 N–H and O–H groups in total. The first-order chi connectivity index (χ1) is 12.8. The zero-order chi connectivity index (χ0) is 20.1. The number of benzene rings is 1. The van der Waals surface area contributed by atoms with Crippen molar-refractivity contribution >= 4 is 0 Å². The summed E-state index contributed by atoms with van der Waals surface area (Å²) >= 11 is 0. The molecule has 4 heteroatoms. The van der Waals surface area contributed by atoms with Crippen LogP contribution < -0.4 is 10.5 Å². The quantitative estimate of drug-likeness (QED) is 0.548. The van der Waals surface area contributed by atoms with Crippen LogP contribution in [0.3, 0.4) is 0 Å². The summed E-state index contributed by atoms with van der Waals surface area (Å²) < 4.78 is 5.99. The SMILES string of the molecule is CCC(CCOc1ccc(CCC(N)(CO)CO)cc1)C1CC(C)C1(C)C. The fraction of sp³-hybridized carbons (Fsp3) is 0.739. The summed E-state index contributed by atoms with van der Waals surface area (Å²) in [6, 6.07) is 8.08. The summed E-state index contributed by atoms with van der Waals surface area (Å²) in [6.45, 7) is 9.85. The lowest BCUT2D eigenvalue weighted by Crippen LogP contribution is -2.47. The van der Waals surface area contributed by atoms with E-state index in [1.54, 1.807) is 0 Å². The number of rotatable bonds is 11. The van der Waals surface area contributed by atoms with E-state index in [2.05, 4.69) is 27.7 Å². The molecule has 0 bridgehead atoms. The molecule has 1 aromatic rings. The van der Waals surface area contributed by atoms with Crippen LogP contribution in [-0.4, -0.2) is 35.6 Å². The highest BCUT2D eigenvalue weighted by atomic mass is 16.5. The minimum atomic E-state index is -0.906. The smallest absolute Gasteiger partial charge is 0.119 e. The van der Waals surface area contributed by atoms with Crippen LogP contribution in [0.4, 0.5) is 0 Å². The first-order valence-corrected chi connectivity index (χ1v) is 10.5. The van der Waals surface area contributed by atoms with Gasteiger partial charge in [-0.05, 0) is 66.5 Å². The molecule has 3 atom stereocenters. The fourth-order valence-electron chi connectivity index (χ4n) is 4.37. The molecule has 1 aromatic carbocycles. The summed E-state index contributed by atoms with van der Waals surface area (Å²) in [7, 11) is 0. The van der Waals surface area contributed by atoms with Crippen molar-refractivity contribution in [3.63, 3.8) is 0 Å². The number of aliphatic hydroxyl groups excluding tert-OH is 2. The molecular weight excluding hydrogens is 338 g/mol. The Hall–Kier alpha value is -1.10. The Bertz CT molecular complexity index is 565. The van der Waals surface area contributed by atoms with Gasteiger partial charge in [-0.1, -0.05) is 46.2 Å². The third kappa shape index (κ3) is 5.46. The van der Waals surface area contributed by atoms with E-state index >= 15 is 0 Å². The van der Waals surface area contributed by atoms with E-state index in [0.717, 1.165) is 48.5 Å². The van der Waals surface area contributed by atoms with Crippen molar-refractivity contribution in [3.8, 4) is 5.75 Å². The average Bonchev–Trinajstić information content (AvgIpc) is 2.69. The minimum Gasteiger partial charge on any atom is -0.494 e. The summed E-state index contributed by atoms with van der Waals surface area (Å²) in [5, 5.41) is 18.5. The maximum absolute atomic E-state index is 9.27. The zero-order valence-corrected chi connectivity index (χ0v) is 17.6. The predicted molar refractivity (Wildman–Crippen MR) is 111 cm³/mol. The molecule has 0 aromatic heterocycles. The first-order valence-electron chi connectivity index (χ1n) is 10.5. The van der Waals surface area contributed by atoms with Crippen molar-refractivity contribution in [2.24, 2.45) is 28.9 Å². The molecule has 1 saturated carbocycles. The number of hydrogen-bond acceptors (Lipinski definition) is 4. The molecule has 1 aliphatic rings. The summed E-state index contributed by atoms with van der Waals surface area (Å²) in [6.07, 6.45) is 4.96. The molecule has 154 valence electrons. The molecule has 0 radical (unpaired) electrons. The lowest BCUT2D eigenvalue weighted by Gasteiger charge is -2.54. The number of hydrogen-bond donors (Lipinski definition) is 3. The average molecular weight is 378 g/mol. The Morgan fingerprint density at radius 2 is 1.85 bits per heavy atom. The lowest BCUT2D eigenvalue weighted by molar-refractivity contribution is -0.0530. The van der Waals surface area contributed by atoms with Gasteiger partial charge >= 0.3 is 0 Å². The summed E-state index contributed by atoms with van der Waals surface area (Å²) in [5.74, 6) is 3.29. The Balaban J connectivity index is 1.78. The van der Waals surface area contributed by atoms with E-state index in [4.69, 9.17) is 10.5 Å². The molecular formula is C23H39NO3. The summed E-state index contributed by atoms with van der Waals surface area (Å²) in [5.41, 5.74) is 6.62. The van der Waals surface area contributed by atoms with E-state index in [9.17, 15) is 10.2 Å². The Morgan fingerprint density at radius 1 is 1.22 bits per heavy atom. The van der Waals surface area contributed by atoms with Crippen molar-refractivity contribution in [2.45, 2.75) is 65.3 Å². The Morgan fingerprint density at radius 3 is 2.33 bits per heavy atom. The highest BCUT2D eigenvalue weighted by molar-refractivity contribution is 5.27. The highest BCUT2D eigenvalue weighted by Gasteiger charge is 2.47. The molecule has 27 heavy (non-hydrogen) atoms. The van der Waals surface area contributed by atoms with Gasteiger partial charge in [-0.3, -0.25) is 0 Å². The fourth-order valence-corrected chi connectivity index (χ4v) is 4.37.